The van der Waals surface area contributed by atoms with Crippen LogP contribution >= 0.6 is 0 Å². The van der Waals surface area contributed by atoms with Crippen LogP contribution < -0.4 is 19.7 Å². The van der Waals surface area contributed by atoms with Crippen molar-refractivity contribution in [3.8, 4) is 11.5 Å². The monoisotopic (exact) mass is 664 g/mol. The molecule has 5 atom stereocenters. The van der Waals surface area contributed by atoms with Gasteiger partial charge in [0.05, 0.1) is 34.6 Å². The van der Waals surface area contributed by atoms with Crippen molar-refractivity contribution in [1.29, 1.82) is 0 Å². The van der Waals surface area contributed by atoms with Gasteiger partial charge in [-0.25, -0.2) is 9.59 Å². The number of fused-ring (bicyclic) bond motifs is 6. The molecule has 9 nitrogen and oxygen atoms in total. The van der Waals surface area contributed by atoms with Crippen LogP contribution in [0, 0.1) is 36.5 Å². The van der Waals surface area contributed by atoms with Gasteiger partial charge < -0.3 is 14.8 Å². The lowest BCUT2D eigenvalue weighted by Crippen LogP contribution is -2.32. The van der Waals surface area contributed by atoms with Crippen molar-refractivity contribution in [2.75, 3.05) is 10.2 Å². The molecule has 4 aromatic rings. The zero-order valence-electron chi connectivity index (χ0n) is 27.1. The summed E-state index contributed by atoms with van der Waals surface area (Å²) in [6, 6.07) is 24.1. The van der Waals surface area contributed by atoms with Crippen molar-refractivity contribution in [3.63, 3.8) is 0 Å². The van der Waals surface area contributed by atoms with Gasteiger partial charge in [-0.05, 0) is 103 Å². The predicted molar refractivity (Wildman–Crippen MR) is 186 cm³/mol. The van der Waals surface area contributed by atoms with E-state index in [0.717, 1.165) is 22.8 Å². The van der Waals surface area contributed by atoms with Gasteiger partial charge >= 0.3 is 11.9 Å². The Hall–Kier alpha value is -6.09. The number of ether oxygens (including phenoxy) is 2. The molecular weight excluding hydrogens is 632 g/mol. The van der Waals surface area contributed by atoms with E-state index in [9.17, 15) is 24.0 Å². The number of benzene rings is 4. The number of anilines is 2. The molecule has 5 unspecified atom stereocenters. The highest BCUT2D eigenvalue weighted by atomic mass is 16.5. The molecule has 4 aliphatic rings. The summed E-state index contributed by atoms with van der Waals surface area (Å²) < 4.78 is 11.1. The number of nitrogens with one attached hydrogen (secondary N) is 1. The maximum Gasteiger partial charge on any atom is 0.343 e. The van der Waals surface area contributed by atoms with Crippen LogP contribution in [0.2, 0.25) is 0 Å². The molecule has 248 valence electrons. The molecule has 4 aromatic carbocycles. The van der Waals surface area contributed by atoms with Gasteiger partial charge in [0.2, 0.25) is 17.7 Å². The van der Waals surface area contributed by atoms with E-state index in [1.807, 2.05) is 31.2 Å². The van der Waals surface area contributed by atoms with E-state index in [2.05, 4.69) is 23.5 Å². The summed E-state index contributed by atoms with van der Waals surface area (Å²) in [5.41, 5.74) is 2.63. The summed E-state index contributed by atoms with van der Waals surface area (Å²) in [7, 11) is 0. The van der Waals surface area contributed by atoms with E-state index in [-0.39, 0.29) is 52.7 Å². The number of carbonyl (C=O) groups is 5. The van der Waals surface area contributed by atoms with Gasteiger partial charge in [-0.15, -0.1) is 0 Å². The zero-order valence-corrected chi connectivity index (χ0v) is 27.1. The molecule has 1 saturated carbocycles. The fraction of sp³-hybridized carbons (Fsp3) is 0.195. The third-order valence-electron chi connectivity index (χ3n) is 9.98. The molecule has 0 aromatic heterocycles. The fourth-order valence-electron chi connectivity index (χ4n) is 7.48. The molecule has 0 spiro atoms. The zero-order chi connectivity index (χ0) is 34.5. The van der Waals surface area contributed by atoms with Gasteiger partial charge in [0.15, 0.2) is 0 Å². The Morgan fingerprint density at radius 1 is 0.740 bits per heavy atom. The highest BCUT2D eigenvalue weighted by molar-refractivity contribution is 6.23. The SMILES string of the molecule is Cc1ccc2cc(OC(=O)C3=CC(C(=O)Nc4ccc(OC(=O)c5ccc(N6C(=O)C7C8C=CC(C8)C7C6=O)cc5)cc4)CC=C3)ccc2c1. The number of hydrogen-bond acceptors (Lipinski definition) is 7. The molecule has 3 aliphatic carbocycles. The van der Waals surface area contributed by atoms with Crippen LogP contribution in [0.1, 0.15) is 28.8 Å². The van der Waals surface area contributed by atoms with Crippen LogP contribution in [-0.4, -0.2) is 29.7 Å². The summed E-state index contributed by atoms with van der Waals surface area (Å²) in [5.74, 6) is -2.03. The molecule has 8 rings (SSSR count). The third-order valence-corrected chi connectivity index (χ3v) is 9.98. The first-order valence-electron chi connectivity index (χ1n) is 16.6. The van der Waals surface area contributed by atoms with Crippen LogP contribution in [0.3, 0.4) is 0 Å². The quantitative estimate of drug-likeness (QED) is 0.101. The minimum Gasteiger partial charge on any atom is -0.423 e. The smallest absolute Gasteiger partial charge is 0.343 e. The summed E-state index contributed by atoms with van der Waals surface area (Å²) in [6.07, 6.45) is 10.4. The lowest BCUT2D eigenvalue weighted by atomic mass is 9.85. The number of esters is 2. The van der Waals surface area contributed by atoms with Crippen molar-refractivity contribution in [2.45, 2.75) is 19.8 Å². The predicted octanol–water partition coefficient (Wildman–Crippen LogP) is 6.73. The second-order valence-corrected chi connectivity index (χ2v) is 13.2. The maximum absolute atomic E-state index is 13.1. The molecular formula is C41H32N2O7. The number of aryl methyl sites for hydroxylation is 1. The van der Waals surface area contributed by atoms with Crippen LogP contribution in [0.4, 0.5) is 11.4 Å². The molecule has 50 heavy (non-hydrogen) atoms. The molecule has 1 aliphatic heterocycles. The Balaban J connectivity index is 0.858. The number of hydrogen-bond donors (Lipinski definition) is 1. The van der Waals surface area contributed by atoms with Crippen LogP contribution in [0.25, 0.3) is 10.8 Å². The number of imide groups is 1. The van der Waals surface area contributed by atoms with Gasteiger partial charge in [0.1, 0.15) is 11.5 Å². The van der Waals surface area contributed by atoms with Gasteiger partial charge in [-0.1, -0.05) is 60.2 Å². The Morgan fingerprint density at radius 3 is 2.10 bits per heavy atom. The van der Waals surface area contributed by atoms with Gasteiger partial charge in [0, 0.05) is 5.69 Å². The molecule has 0 radical (unpaired) electrons. The largest absolute Gasteiger partial charge is 0.423 e. The highest BCUT2D eigenvalue weighted by Gasteiger charge is 2.59. The van der Waals surface area contributed by atoms with E-state index in [1.54, 1.807) is 60.7 Å². The van der Waals surface area contributed by atoms with Gasteiger partial charge in [-0.2, -0.15) is 0 Å². The van der Waals surface area contributed by atoms with E-state index < -0.39 is 17.9 Å². The maximum atomic E-state index is 13.1. The third kappa shape index (κ3) is 5.70. The fourth-order valence-corrected chi connectivity index (χ4v) is 7.48. The number of allylic oxidation sites excluding steroid dienone is 3. The normalized spacial score (nSPS) is 23.2. The number of carbonyl (C=O) groups excluding carboxylic acids is 5. The summed E-state index contributed by atoms with van der Waals surface area (Å²) in [5, 5.41) is 4.86. The molecule has 3 amide bonds. The Morgan fingerprint density at radius 2 is 1.38 bits per heavy atom. The molecule has 1 N–H and O–H groups in total. The van der Waals surface area contributed by atoms with Gasteiger partial charge in [0.25, 0.3) is 0 Å². The first-order valence-corrected chi connectivity index (χ1v) is 16.6. The molecule has 9 heteroatoms. The van der Waals surface area contributed by atoms with Crippen LogP contribution in [-0.2, 0) is 19.2 Å². The number of amides is 3. The second-order valence-electron chi connectivity index (χ2n) is 13.2. The average Bonchev–Trinajstić information content (AvgIpc) is 3.82. The van der Waals surface area contributed by atoms with E-state index in [4.69, 9.17) is 9.47 Å². The summed E-state index contributed by atoms with van der Waals surface area (Å²) in [4.78, 5) is 66.4. The van der Waals surface area contributed by atoms with Crippen LogP contribution in [0.15, 0.2) is 121 Å². The molecule has 1 heterocycles. The minimum absolute atomic E-state index is 0.122. The van der Waals surface area contributed by atoms with Crippen LogP contribution in [0.5, 0.6) is 11.5 Å². The molecule has 2 bridgehead atoms. The van der Waals surface area contributed by atoms with Crippen molar-refractivity contribution >= 4 is 51.8 Å². The van der Waals surface area contributed by atoms with Gasteiger partial charge in [-0.3, -0.25) is 19.3 Å². The average molecular weight is 665 g/mol. The van der Waals surface area contributed by atoms with Crippen molar-refractivity contribution in [2.24, 2.45) is 29.6 Å². The standard InChI is InChI=1S/C41H32N2O7/c1-23-5-6-26-22-34(16-11-25(26)19-23)50-41(48)30-4-2-3-29(21-30)37(44)42-31-12-17-33(18-13-31)49-40(47)24-9-14-32(15-10-24)43-38(45)35-27-7-8-28(20-27)36(35)39(43)46/h2,4-19,21-22,27-29,35-36H,3,20H2,1H3,(H,42,44). The highest BCUT2D eigenvalue weighted by Crippen LogP contribution is 2.53. The lowest BCUT2D eigenvalue weighted by molar-refractivity contribution is -0.130. The summed E-state index contributed by atoms with van der Waals surface area (Å²) >= 11 is 0. The van der Waals surface area contributed by atoms with Crippen molar-refractivity contribution < 1.29 is 33.4 Å². The molecule has 1 saturated heterocycles. The Kier molecular flexibility index (Phi) is 7.75. The van der Waals surface area contributed by atoms with E-state index in [1.165, 1.54) is 17.0 Å². The summed E-state index contributed by atoms with van der Waals surface area (Å²) in [6.45, 7) is 2.02. The first-order chi connectivity index (χ1) is 24.2. The lowest BCUT2D eigenvalue weighted by Gasteiger charge is -2.17. The molecule has 2 fully saturated rings. The number of nitrogens with zero attached hydrogens (tertiary/aromatic N) is 1. The van der Waals surface area contributed by atoms with E-state index in [0.29, 0.717) is 29.1 Å². The van der Waals surface area contributed by atoms with Crippen molar-refractivity contribution in [3.05, 3.63) is 132 Å². The number of rotatable bonds is 7. The Labute approximate surface area is 287 Å². The van der Waals surface area contributed by atoms with E-state index >= 15 is 0 Å². The second kappa shape index (κ2) is 12.4. The van der Waals surface area contributed by atoms with Crippen molar-refractivity contribution in [1.82, 2.24) is 0 Å². The topological polar surface area (TPSA) is 119 Å². The minimum atomic E-state index is -0.608. The Bertz CT molecular complexity index is 2150. The first kappa shape index (κ1) is 31.2.